The van der Waals surface area contributed by atoms with Gasteiger partial charge in [-0.15, -0.1) is 0 Å². The minimum absolute atomic E-state index is 0.0360. The molecular formula is C18H25N5O2. The molecule has 7 nitrogen and oxygen atoms in total. The summed E-state index contributed by atoms with van der Waals surface area (Å²) in [6, 6.07) is 5.89. The average molecular weight is 343 g/mol. The van der Waals surface area contributed by atoms with E-state index in [4.69, 9.17) is 4.74 Å². The van der Waals surface area contributed by atoms with Crippen molar-refractivity contribution in [2.45, 2.75) is 26.0 Å². The van der Waals surface area contributed by atoms with Crippen molar-refractivity contribution in [2.75, 3.05) is 38.7 Å². The molecule has 3 heterocycles. The van der Waals surface area contributed by atoms with Crippen molar-refractivity contribution in [3.63, 3.8) is 0 Å². The monoisotopic (exact) mass is 343 g/mol. The van der Waals surface area contributed by atoms with Crippen molar-refractivity contribution < 1.29 is 9.53 Å². The molecule has 0 N–H and O–H groups in total. The lowest BCUT2D eigenvalue weighted by atomic mass is 10.2. The second-order valence-corrected chi connectivity index (χ2v) is 6.68. The van der Waals surface area contributed by atoms with Crippen LogP contribution < -0.4 is 4.90 Å². The Balaban J connectivity index is 1.78. The van der Waals surface area contributed by atoms with Gasteiger partial charge in [0.2, 0.25) is 5.95 Å². The molecule has 2 aromatic heterocycles. The maximum Gasteiger partial charge on any atom is 0.270 e. The molecule has 1 fully saturated rings. The Hall–Kier alpha value is -2.41. The van der Waals surface area contributed by atoms with Crippen LogP contribution in [0.2, 0.25) is 0 Å². The fourth-order valence-corrected chi connectivity index (χ4v) is 2.96. The fourth-order valence-electron chi connectivity index (χ4n) is 2.96. The van der Waals surface area contributed by atoms with Crippen LogP contribution in [0.3, 0.4) is 0 Å². The van der Waals surface area contributed by atoms with Crippen molar-refractivity contribution in [1.82, 2.24) is 19.4 Å². The van der Waals surface area contributed by atoms with Crippen molar-refractivity contribution >= 4 is 11.9 Å². The smallest absolute Gasteiger partial charge is 0.270 e. The lowest BCUT2D eigenvalue weighted by Crippen LogP contribution is -2.43. The van der Waals surface area contributed by atoms with Gasteiger partial charge < -0.3 is 19.1 Å². The van der Waals surface area contributed by atoms with Crippen molar-refractivity contribution in [3.8, 4) is 0 Å². The number of hydrogen-bond donors (Lipinski definition) is 0. The molecule has 0 bridgehead atoms. The van der Waals surface area contributed by atoms with E-state index in [1.54, 1.807) is 6.20 Å². The number of amides is 1. The fraction of sp³-hybridized carbons (Fsp3) is 0.500. The van der Waals surface area contributed by atoms with Crippen LogP contribution in [0, 0.1) is 0 Å². The van der Waals surface area contributed by atoms with Crippen LogP contribution in [0.4, 0.5) is 5.95 Å². The third kappa shape index (κ3) is 3.66. The zero-order valence-corrected chi connectivity index (χ0v) is 15.2. The van der Waals surface area contributed by atoms with Crippen LogP contribution in [-0.4, -0.2) is 59.1 Å². The predicted octanol–water partition coefficient (Wildman–Crippen LogP) is 2.14. The van der Waals surface area contributed by atoms with Gasteiger partial charge in [0.25, 0.3) is 5.91 Å². The number of aromatic nitrogens is 3. The van der Waals surface area contributed by atoms with Crippen molar-refractivity contribution in [1.29, 1.82) is 0 Å². The highest BCUT2D eigenvalue weighted by molar-refractivity contribution is 5.93. The molecule has 0 saturated carbocycles. The minimum Gasteiger partial charge on any atom is -0.368 e. The van der Waals surface area contributed by atoms with E-state index in [0.717, 1.165) is 5.69 Å². The summed E-state index contributed by atoms with van der Waals surface area (Å²) in [5.74, 6) is 0.673. The van der Waals surface area contributed by atoms with Crippen LogP contribution >= 0.6 is 0 Å². The van der Waals surface area contributed by atoms with Gasteiger partial charge >= 0.3 is 0 Å². The van der Waals surface area contributed by atoms with Gasteiger partial charge in [0.15, 0.2) is 0 Å². The average Bonchev–Trinajstić information content (AvgIpc) is 3.11. The van der Waals surface area contributed by atoms with E-state index in [9.17, 15) is 4.79 Å². The highest BCUT2D eigenvalue weighted by Gasteiger charge is 2.28. The maximum absolute atomic E-state index is 12.9. The Bertz CT molecular complexity index is 741. The lowest BCUT2D eigenvalue weighted by Gasteiger charge is -2.33. The van der Waals surface area contributed by atoms with E-state index in [1.807, 2.05) is 52.9 Å². The zero-order chi connectivity index (χ0) is 18.0. The first-order valence-electron chi connectivity index (χ1n) is 8.55. The topological polar surface area (TPSA) is 63.5 Å². The molecule has 1 atom stereocenters. The first kappa shape index (κ1) is 17.4. The molecule has 1 aliphatic rings. The number of carbonyl (C=O) groups excluding carboxylic acids is 1. The van der Waals surface area contributed by atoms with Crippen molar-refractivity contribution in [2.24, 2.45) is 0 Å². The normalized spacial score (nSPS) is 17.8. The number of nitrogens with zero attached hydrogens (tertiary/aromatic N) is 5. The summed E-state index contributed by atoms with van der Waals surface area (Å²) in [7, 11) is 3.80. The summed E-state index contributed by atoms with van der Waals surface area (Å²) in [6.45, 7) is 5.72. The van der Waals surface area contributed by atoms with Crippen molar-refractivity contribution in [3.05, 3.63) is 42.0 Å². The second-order valence-electron chi connectivity index (χ2n) is 6.68. The molecule has 1 saturated heterocycles. The molecule has 3 rings (SSSR count). The highest BCUT2D eigenvalue weighted by Crippen LogP contribution is 2.23. The van der Waals surface area contributed by atoms with Gasteiger partial charge in [0.05, 0.1) is 18.8 Å². The Morgan fingerprint density at radius 1 is 1.36 bits per heavy atom. The molecule has 1 amide bonds. The molecule has 0 aliphatic carbocycles. The molecule has 1 unspecified atom stereocenters. The van der Waals surface area contributed by atoms with Gasteiger partial charge in [-0.25, -0.2) is 9.97 Å². The van der Waals surface area contributed by atoms with E-state index in [2.05, 4.69) is 23.8 Å². The largest absolute Gasteiger partial charge is 0.368 e. The number of morpholine rings is 1. The lowest BCUT2D eigenvalue weighted by molar-refractivity contribution is -0.0251. The van der Waals surface area contributed by atoms with Gasteiger partial charge in [-0.1, -0.05) is 0 Å². The molecular weight excluding hydrogens is 318 g/mol. The molecule has 2 aromatic rings. The van der Waals surface area contributed by atoms with Gasteiger partial charge in [0, 0.05) is 39.1 Å². The van der Waals surface area contributed by atoms with Gasteiger partial charge in [-0.05, 0) is 32.0 Å². The Morgan fingerprint density at radius 3 is 2.88 bits per heavy atom. The Morgan fingerprint density at radius 2 is 2.16 bits per heavy atom. The van der Waals surface area contributed by atoms with Gasteiger partial charge in [-0.2, -0.15) is 0 Å². The standard InChI is InChI=1S/C18H25N5O2/c1-13(2)23-9-5-6-15(23)17(24)22-10-11-25-16(12-22)14-7-8-19-18(20-14)21(3)4/h5-9,13,16H,10-12H2,1-4H3. The molecule has 25 heavy (non-hydrogen) atoms. The van der Waals surface area contributed by atoms with E-state index in [0.29, 0.717) is 31.3 Å². The maximum atomic E-state index is 12.9. The zero-order valence-electron chi connectivity index (χ0n) is 15.2. The first-order chi connectivity index (χ1) is 12.0. The van der Waals surface area contributed by atoms with Gasteiger partial charge in [0.1, 0.15) is 11.8 Å². The summed E-state index contributed by atoms with van der Waals surface area (Å²) in [5, 5.41) is 0. The van der Waals surface area contributed by atoms with E-state index in [1.165, 1.54) is 0 Å². The Kier molecular flexibility index (Phi) is 5.03. The molecule has 1 aliphatic heterocycles. The van der Waals surface area contributed by atoms with Crippen LogP contribution in [0.5, 0.6) is 0 Å². The van der Waals surface area contributed by atoms with Crippen LogP contribution in [-0.2, 0) is 4.74 Å². The molecule has 0 aromatic carbocycles. The number of rotatable bonds is 4. The summed E-state index contributed by atoms with van der Waals surface area (Å²) in [6.07, 6.45) is 3.44. The number of hydrogen-bond acceptors (Lipinski definition) is 5. The first-order valence-corrected chi connectivity index (χ1v) is 8.55. The molecule has 0 radical (unpaired) electrons. The quantitative estimate of drug-likeness (QED) is 0.851. The van der Waals surface area contributed by atoms with E-state index >= 15 is 0 Å². The van der Waals surface area contributed by atoms with E-state index in [-0.39, 0.29) is 18.1 Å². The SMILES string of the molecule is CC(C)n1cccc1C(=O)N1CCOC(c2ccnc(N(C)C)n2)C1. The number of anilines is 1. The predicted molar refractivity (Wildman–Crippen MR) is 95.8 cm³/mol. The molecule has 134 valence electrons. The third-order valence-electron chi connectivity index (χ3n) is 4.30. The highest BCUT2D eigenvalue weighted by atomic mass is 16.5. The number of carbonyl (C=O) groups is 1. The molecule has 7 heteroatoms. The van der Waals surface area contributed by atoms with Crippen LogP contribution in [0.15, 0.2) is 30.6 Å². The number of ether oxygens (including phenoxy) is 1. The summed E-state index contributed by atoms with van der Waals surface area (Å²) in [5.41, 5.74) is 1.52. The summed E-state index contributed by atoms with van der Waals surface area (Å²) in [4.78, 5) is 25.4. The Labute approximate surface area is 148 Å². The van der Waals surface area contributed by atoms with Gasteiger partial charge in [-0.3, -0.25) is 4.79 Å². The van der Waals surface area contributed by atoms with Crippen LogP contribution in [0.1, 0.15) is 42.2 Å². The third-order valence-corrected chi connectivity index (χ3v) is 4.30. The summed E-state index contributed by atoms with van der Waals surface area (Å²) >= 11 is 0. The minimum atomic E-state index is -0.234. The molecule has 0 spiro atoms. The van der Waals surface area contributed by atoms with E-state index < -0.39 is 0 Å². The summed E-state index contributed by atoms with van der Waals surface area (Å²) < 4.78 is 7.87. The second kappa shape index (κ2) is 7.23. The van der Waals surface area contributed by atoms with Crippen LogP contribution in [0.25, 0.3) is 0 Å².